The van der Waals surface area contributed by atoms with Crippen LogP contribution in [-0.4, -0.2) is 37.3 Å². The molecule has 2 aromatic rings. The first kappa shape index (κ1) is 28.4. The molecule has 0 radical (unpaired) electrons. The number of hydrogen-bond donors (Lipinski definition) is 5. The zero-order valence-electron chi connectivity index (χ0n) is 21.4. The Morgan fingerprint density at radius 2 is 1.54 bits per heavy atom. The lowest BCUT2D eigenvalue weighted by Gasteiger charge is -2.32. The van der Waals surface area contributed by atoms with Crippen LogP contribution < -0.4 is 32.6 Å². The Hall–Kier alpha value is -2.79. The average Bonchev–Trinajstić information content (AvgIpc) is 2.74. The minimum absolute atomic E-state index is 0.117. The number of rotatable bonds is 11. The molecule has 0 fully saturated rings. The number of nitrogens with one attached hydrogen (secondary N) is 3. The summed E-state index contributed by atoms with van der Waals surface area (Å²) in [5.74, 6) is 10.7. The quantitative estimate of drug-likeness (QED) is 0.181. The van der Waals surface area contributed by atoms with E-state index in [9.17, 15) is 13.6 Å². The summed E-state index contributed by atoms with van der Waals surface area (Å²) in [4.78, 5) is 15.1. The highest BCUT2D eigenvalue weighted by atomic mass is 19.1. The third-order valence-corrected chi connectivity index (χ3v) is 5.57. The lowest BCUT2D eigenvalue weighted by Crippen LogP contribution is -2.53. The standard InChI is InChI=1S/C25H39F2N7O/c1-15(2)13-34(14-16(3)4)23-10-7-18(17(5)24(32-28)33(6)29)11-22(23)31-25(35)30-21-9-8-19(26)12-20(21)27/h7-12,15-17,24,32H,13-14,28-29H2,1-6H3,(H2,30,31,35). The van der Waals surface area contributed by atoms with Crippen molar-refractivity contribution < 1.29 is 13.6 Å². The summed E-state index contributed by atoms with van der Waals surface area (Å²) < 4.78 is 27.3. The van der Waals surface area contributed by atoms with E-state index < -0.39 is 17.7 Å². The van der Waals surface area contributed by atoms with Gasteiger partial charge in [0.2, 0.25) is 0 Å². The van der Waals surface area contributed by atoms with E-state index in [1.807, 2.05) is 25.1 Å². The van der Waals surface area contributed by atoms with Gasteiger partial charge in [0.15, 0.2) is 0 Å². The third kappa shape index (κ3) is 8.14. The van der Waals surface area contributed by atoms with Crippen molar-refractivity contribution in [3.63, 3.8) is 0 Å². The normalized spacial score (nSPS) is 13.3. The van der Waals surface area contributed by atoms with Gasteiger partial charge in [0.25, 0.3) is 0 Å². The Bertz CT molecular complexity index is 974. The molecule has 0 saturated carbocycles. The van der Waals surface area contributed by atoms with Crippen molar-refractivity contribution in [2.45, 2.75) is 46.7 Å². The first-order valence-corrected chi connectivity index (χ1v) is 11.8. The summed E-state index contributed by atoms with van der Waals surface area (Å²) in [6.07, 6.45) is -0.349. The highest BCUT2D eigenvalue weighted by molar-refractivity contribution is 6.02. The van der Waals surface area contributed by atoms with E-state index in [0.717, 1.165) is 36.5 Å². The lowest BCUT2D eigenvalue weighted by atomic mass is 9.96. The van der Waals surface area contributed by atoms with Crippen LogP contribution in [0.4, 0.5) is 30.6 Å². The molecule has 0 aliphatic carbocycles. The van der Waals surface area contributed by atoms with Crippen molar-refractivity contribution in [2.24, 2.45) is 23.5 Å². The molecule has 0 saturated heterocycles. The number of halogens is 2. The predicted molar refractivity (Wildman–Crippen MR) is 139 cm³/mol. The van der Waals surface area contributed by atoms with E-state index in [4.69, 9.17) is 11.7 Å². The summed E-state index contributed by atoms with van der Waals surface area (Å²) in [6.45, 7) is 12.1. The van der Waals surface area contributed by atoms with Crippen LogP contribution in [0, 0.1) is 23.5 Å². The third-order valence-electron chi connectivity index (χ3n) is 5.57. The van der Waals surface area contributed by atoms with Crippen molar-refractivity contribution >= 4 is 23.1 Å². The molecule has 35 heavy (non-hydrogen) atoms. The molecule has 0 spiro atoms. The number of nitrogens with two attached hydrogens (primary N) is 2. The Morgan fingerprint density at radius 1 is 0.943 bits per heavy atom. The maximum absolute atomic E-state index is 14.1. The van der Waals surface area contributed by atoms with Gasteiger partial charge in [0, 0.05) is 32.1 Å². The van der Waals surface area contributed by atoms with Crippen LogP contribution in [0.1, 0.15) is 46.1 Å². The summed E-state index contributed by atoms with van der Waals surface area (Å²) in [6, 6.07) is 8.19. The van der Waals surface area contributed by atoms with Gasteiger partial charge >= 0.3 is 6.03 Å². The van der Waals surface area contributed by atoms with Gasteiger partial charge in [0.1, 0.15) is 11.6 Å². The summed E-state index contributed by atoms with van der Waals surface area (Å²) in [5, 5.41) is 6.81. The number of hydrogen-bond acceptors (Lipinski definition) is 6. The molecule has 194 valence electrons. The van der Waals surface area contributed by atoms with E-state index >= 15 is 0 Å². The summed E-state index contributed by atoms with van der Waals surface area (Å²) >= 11 is 0. The molecule has 7 N–H and O–H groups in total. The second-order valence-electron chi connectivity index (χ2n) is 9.74. The average molecular weight is 492 g/mol. The van der Waals surface area contributed by atoms with E-state index in [1.165, 1.54) is 11.1 Å². The molecule has 2 amide bonds. The van der Waals surface area contributed by atoms with E-state index in [0.29, 0.717) is 17.5 Å². The van der Waals surface area contributed by atoms with Gasteiger partial charge in [-0.3, -0.25) is 11.7 Å². The number of likely N-dealkylation sites (N-methyl/N-ethyl adjacent to an activating group) is 1. The monoisotopic (exact) mass is 491 g/mol. The molecule has 2 aromatic carbocycles. The molecule has 2 atom stereocenters. The predicted octanol–water partition coefficient (Wildman–Crippen LogP) is 4.43. The zero-order chi connectivity index (χ0) is 26.3. The number of amides is 2. The van der Waals surface area contributed by atoms with Gasteiger partial charge < -0.3 is 15.5 Å². The van der Waals surface area contributed by atoms with Gasteiger partial charge in [-0.2, -0.15) is 0 Å². The number of benzene rings is 2. The highest BCUT2D eigenvalue weighted by Crippen LogP contribution is 2.33. The van der Waals surface area contributed by atoms with Crippen LogP contribution in [0.3, 0.4) is 0 Å². The molecule has 0 aromatic heterocycles. The molecule has 0 aliphatic heterocycles. The SMILES string of the molecule is CC(C)CN(CC(C)C)c1ccc(C(C)C(NN)N(C)N)cc1NC(=O)Nc1ccc(F)cc1F. The topological polar surface area (TPSA) is 112 Å². The van der Waals surface area contributed by atoms with E-state index in [2.05, 4.69) is 48.7 Å². The smallest absolute Gasteiger partial charge is 0.323 e. The molecule has 2 unspecified atom stereocenters. The number of urea groups is 1. The summed E-state index contributed by atoms with van der Waals surface area (Å²) in [5.41, 5.74) is 4.89. The fourth-order valence-electron chi connectivity index (χ4n) is 4.03. The van der Waals surface area contributed by atoms with Crippen LogP contribution >= 0.6 is 0 Å². The van der Waals surface area contributed by atoms with Crippen LogP contribution in [-0.2, 0) is 0 Å². The van der Waals surface area contributed by atoms with Crippen molar-refractivity contribution in [3.05, 3.63) is 53.6 Å². The maximum Gasteiger partial charge on any atom is 0.323 e. The van der Waals surface area contributed by atoms with Crippen LogP contribution in [0.15, 0.2) is 36.4 Å². The second kappa shape index (κ2) is 12.8. The summed E-state index contributed by atoms with van der Waals surface area (Å²) in [7, 11) is 1.71. The number of carbonyl (C=O) groups is 1. The van der Waals surface area contributed by atoms with E-state index in [1.54, 1.807) is 7.05 Å². The van der Waals surface area contributed by atoms with Gasteiger partial charge in [-0.05, 0) is 41.7 Å². The van der Waals surface area contributed by atoms with Crippen LogP contribution in [0.5, 0.6) is 0 Å². The fourth-order valence-corrected chi connectivity index (χ4v) is 4.03. The van der Waals surface area contributed by atoms with Crippen molar-refractivity contribution in [3.8, 4) is 0 Å². The van der Waals surface area contributed by atoms with Crippen molar-refractivity contribution in [1.82, 2.24) is 10.4 Å². The first-order valence-electron chi connectivity index (χ1n) is 11.8. The Kier molecular flexibility index (Phi) is 10.4. The maximum atomic E-state index is 14.1. The van der Waals surface area contributed by atoms with Gasteiger partial charge in [0.05, 0.1) is 23.2 Å². The molecule has 0 bridgehead atoms. The molecular formula is C25H39F2N7O. The molecule has 2 rings (SSSR count). The largest absolute Gasteiger partial charge is 0.369 e. The molecule has 8 nitrogen and oxygen atoms in total. The second-order valence-corrected chi connectivity index (χ2v) is 9.74. The van der Waals surface area contributed by atoms with Crippen molar-refractivity contribution in [1.29, 1.82) is 0 Å². The van der Waals surface area contributed by atoms with Gasteiger partial charge in [-0.25, -0.2) is 24.0 Å². The minimum Gasteiger partial charge on any atom is -0.369 e. The molecule has 10 heteroatoms. The van der Waals surface area contributed by atoms with Gasteiger partial charge in [-0.1, -0.05) is 40.7 Å². The van der Waals surface area contributed by atoms with Crippen molar-refractivity contribution in [2.75, 3.05) is 35.7 Å². The molecular weight excluding hydrogens is 452 g/mol. The zero-order valence-corrected chi connectivity index (χ0v) is 21.4. The molecule has 0 aliphatic rings. The van der Waals surface area contributed by atoms with E-state index in [-0.39, 0.29) is 17.8 Å². The van der Waals surface area contributed by atoms with Crippen LogP contribution in [0.2, 0.25) is 0 Å². The van der Waals surface area contributed by atoms with Crippen LogP contribution in [0.25, 0.3) is 0 Å². The highest BCUT2D eigenvalue weighted by Gasteiger charge is 2.23. The van der Waals surface area contributed by atoms with Gasteiger partial charge in [-0.15, -0.1) is 0 Å². The first-order chi connectivity index (χ1) is 16.4. The number of carbonyl (C=O) groups excluding carboxylic acids is 1. The minimum atomic E-state index is -0.855. The Labute approximate surface area is 207 Å². The lowest BCUT2D eigenvalue weighted by molar-refractivity contribution is 0.183. The Morgan fingerprint density at radius 3 is 2.06 bits per heavy atom. The number of nitrogens with zero attached hydrogens (tertiary/aromatic N) is 2. The molecule has 0 heterocycles. The number of hydrazine groups is 2. The fraction of sp³-hybridized carbons (Fsp3) is 0.480. The number of anilines is 3. The Balaban J connectivity index is 2.46.